The average molecular weight is 347 g/mol. The van der Waals surface area contributed by atoms with Crippen molar-refractivity contribution in [2.45, 2.75) is 52.5 Å². The predicted octanol–water partition coefficient (Wildman–Crippen LogP) is 2.64. The van der Waals surface area contributed by atoms with Crippen molar-refractivity contribution >= 4 is 11.8 Å². The number of hydrogen-bond acceptors (Lipinski definition) is 4. The lowest BCUT2D eigenvalue weighted by Gasteiger charge is -2.32. The molecular weight excluding hydrogens is 318 g/mol. The second kappa shape index (κ2) is 9.39. The van der Waals surface area contributed by atoms with Crippen LogP contribution in [0.3, 0.4) is 0 Å². The van der Waals surface area contributed by atoms with Crippen LogP contribution in [-0.2, 0) is 4.79 Å². The highest BCUT2D eigenvalue weighted by Crippen LogP contribution is 2.22. The third kappa shape index (κ3) is 5.18. The number of rotatable bonds is 7. The maximum atomic E-state index is 12.9. The molecule has 2 rings (SSSR count). The van der Waals surface area contributed by atoms with E-state index in [-0.39, 0.29) is 23.8 Å². The van der Waals surface area contributed by atoms with Gasteiger partial charge in [0.15, 0.2) is 0 Å². The highest BCUT2D eigenvalue weighted by atomic mass is 16.5. The van der Waals surface area contributed by atoms with E-state index in [1.54, 1.807) is 23.2 Å². The first-order chi connectivity index (χ1) is 12.1. The summed E-state index contributed by atoms with van der Waals surface area (Å²) in [7, 11) is 0. The van der Waals surface area contributed by atoms with Gasteiger partial charge in [-0.2, -0.15) is 0 Å². The highest BCUT2D eigenvalue weighted by Gasteiger charge is 2.30. The van der Waals surface area contributed by atoms with Gasteiger partial charge in [0.1, 0.15) is 5.56 Å². The monoisotopic (exact) mass is 347 g/mol. The minimum atomic E-state index is -0.149. The molecule has 0 bridgehead atoms. The fourth-order valence-corrected chi connectivity index (χ4v) is 3.22. The summed E-state index contributed by atoms with van der Waals surface area (Å²) >= 11 is 0. The topological polar surface area (TPSA) is 71.5 Å². The zero-order valence-electron chi connectivity index (χ0n) is 15.5. The van der Waals surface area contributed by atoms with Gasteiger partial charge in [-0.15, -0.1) is 0 Å². The lowest BCUT2D eigenvalue weighted by Crippen LogP contribution is -2.47. The number of piperidine rings is 1. The van der Waals surface area contributed by atoms with Crippen LogP contribution in [0.5, 0.6) is 5.88 Å². The van der Waals surface area contributed by atoms with E-state index < -0.39 is 0 Å². The second-order valence-electron chi connectivity index (χ2n) is 6.58. The molecule has 2 amide bonds. The van der Waals surface area contributed by atoms with Gasteiger partial charge in [0.05, 0.1) is 12.5 Å². The lowest BCUT2D eigenvalue weighted by molar-refractivity contribution is -0.127. The van der Waals surface area contributed by atoms with Gasteiger partial charge in [-0.3, -0.25) is 9.59 Å². The molecule has 1 aliphatic rings. The summed E-state index contributed by atoms with van der Waals surface area (Å²) in [6.07, 6.45) is 5.27. The standard InChI is InChI=1S/C19H29N3O3/c1-4-8-14(3)21-17(23)15-9-7-12-22(13-15)19(24)16-10-6-11-20-18(16)25-5-2/h6,10-11,14-15H,4-5,7-9,12-13H2,1-3H3,(H,21,23). The van der Waals surface area contributed by atoms with Gasteiger partial charge >= 0.3 is 0 Å². The second-order valence-corrected chi connectivity index (χ2v) is 6.58. The van der Waals surface area contributed by atoms with Crippen LogP contribution in [-0.4, -0.2) is 47.4 Å². The van der Waals surface area contributed by atoms with Crippen LogP contribution < -0.4 is 10.1 Å². The molecule has 1 N–H and O–H groups in total. The number of amides is 2. The summed E-state index contributed by atoms with van der Waals surface area (Å²) in [6, 6.07) is 3.63. The molecule has 2 unspecified atom stereocenters. The van der Waals surface area contributed by atoms with E-state index >= 15 is 0 Å². The number of hydrogen-bond donors (Lipinski definition) is 1. The molecule has 0 aliphatic carbocycles. The molecule has 1 aromatic heterocycles. The van der Waals surface area contributed by atoms with E-state index in [1.807, 2.05) is 13.8 Å². The smallest absolute Gasteiger partial charge is 0.259 e. The Bertz CT molecular complexity index is 591. The van der Waals surface area contributed by atoms with E-state index in [2.05, 4.69) is 17.2 Å². The Labute approximate surface area is 150 Å². The summed E-state index contributed by atoms with van der Waals surface area (Å²) in [5, 5.41) is 3.07. The average Bonchev–Trinajstić information content (AvgIpc) is 2.62. The Morgan fingerprint density at radius 2 is 2.24 bits per heavy atom. The summed E-state index contributed by atoms with van der Waals surface area (Å²) < 4.78 is 5.46. The molecule has 1 saturated heterocycles. The minimum absolute atomic E-state index is 0.0506. The van der Waals surface area contributed by atoms with Crippen LogP contribution in [0, 0.1) is 5.92 Å². The highest BCUT2D eigenvalue weighted by molar-refractivity contribution is 5.96. The summed E-state index contributed by atoms with van der Waals surface area (Å²) in [5.41, 5.74) is 0.463. The molecule has 2 atom stereocenters. The van der Waals surface area contributed by atoms with E-state index in [9.17, 15) is 9.59 Å². The molecule has 0 radical (unpaired) electrons. The Morgan fingerprint density at radius 1 is 1.44 bits per heavy atom. The third-order valence-corrected chi connectivity index (χ3v) is 4.47. The molecule has 0 saturated carbocycles. The minimum Gasteiger partial charge on any atom is -0.477 e. The predicted molar refractivity (Wildman–Crippen MR) is 96.5 cm³/mol. The quantitative estimate of drug-likeness (QED) is 0.823. The first kappa shape index (κ1) is 19.2. The Balaban J connectivity index is 2.03. The van der Waals surface area contributed by atoms with Crippen molar-refractivity contribution in [2.24, 2.45) is 5.92 Å². The summed E-state index contributed by atoms with van der Waals surface area (Å²) in [6.45, 7) is 7.56. The Morgan fingerprint density at radius 3 is 2.96 bits per heavy atom. The van der Waals surface area contributed by atoms with Crippen molar-refractivity contribution in [3.05, 3.63) is 23.9 Å². The molecule has 1 aromatic rings. The van der Waals surface area contributed by atoms with Gasteiger partial charge in [0, 0.05) is 25.3 Å². The molecule has 6 nitrogen and oxygen atoms in total. The van der Waals surface area contributed by atoms with Crippen LogP contribution in [0.2, 0.25) is 0 Å². The van der Waals surface area contributed by atoms with Gasteiger partial charge in [-0.25, -0.2) is 4.98 Å². The number of aromatic nitrogens is 1. The zero-order valence-corrected chi connectivity index (χ0v) is 15.5. The van der Waals surface area contributed by atoms with Gasteiger partial charge in [0.25, 0.3) is 5.91 Å². The third-order valence-electron chi connectivity index (χ3n) is 4.47. The Kier molecular flexibility index (Phi) is 7.22. The molecule has 1 fully saturated rings. The van der Waals surface area contributed by atoms with Crippen LogP contribution in [0.4, 0.5) is 0 Å². The van der Waals surface area contributed by atoms with Crippen LogP contribution in [0.15, 0.2) is 18.3 Å². The van der Waals surface area contributed by atoms with Crippen molar-refractivity contribution in [1.29, 1.82) is 0 Å². The largest absolute Gasteiger partial charge is 0.477 e. The van der Waals surface area contributed by atoms with E-state index in [1.165, 1.54) is 0 Å². The van der Waals surface area contributed by atoms with Crippen LogP contribution in [0.1, 0.15) is 56.8 Å². The van der Waals surface area contributed by atoms with E-state index in [0.29, 0.717) is 31.1 Å². The Hall–Kier alpha value is -2.11. The number of nitrogens with zero attached hydrogens (tertiary/aromatic N) is 2. The van der Waals surface area contributed by atoms with Crippen LogP contribution in [0.25, 0.3) is 0 Å². The molecule has 1 aliphatic heterocycles. The first-order valence-electron chi connectivity index (χ1n) is 9.24. The summed E-state index contributed by atoms with van der Waals surface area (Å²) in [5.74, 6) is 0.146. The first-order valence-corrected chi connectivity index (χ1v) is 9.24. The summed E-state index contributed by atoms with van der Waals surface area (Å²) in [4.78, 5) is 31.2. The number of ether oxygens (including phenoxy) is 1. The molecule has 25 heavy (non-hydrogen) atoms. The van der Waals surface area contributed by atoms with Gasteiger partial charge < -0.3 is 15.0 Å². The zero-order chi connectivity index (χ0) is 18.2. The molecule has 2 heterocycles. The number of carbonyl (C=O) groups is 2. The van der Waals surface area contributed by atoms with Crippen molar-refractivity contribution in [1.82, 2.24) is 15.2 Å². The number of carbonyl (C=O) groups excluding carboxylic acids is 2. The van der Waals surface area contributed by atoms with Crippen molar-refractivity contribution in [3.63, 3.8) is 0 Å². The number of nitrogens with one attached hydrogen (secondary N) is 1. The van der Waals surface area contributed by atoms with Gasteiger partial charge in [0.2, 0.25) is 11.8 Å². The van der Waals surface area contributed by atoms with Crippen LogP contribution >= 0.6 is 0 Å². The molecule has 138 valence electrons. The number of likely N-dealkylation sites (tertiary alicyclic amines) is 1. The van der Waals surface area contributed by atoms with E-state index in [4.69, 9.17) is 4.74 Å². The van der Waals surface area contributed by atoms with Crippen molar-refractivity contribution < 1.29 is 14.3 Å². The van der Waals surface area contributed by atoms with E-state index in [0.717, 1.165) is 25.7 Å². The number of pyridine rings is 1. The fraction of sp³-hybridized carbons (Fsp3) is 0.632. The molecule has 0 aromatic carbocycles. The van der Waals surface area contributed by atoms with Crippen molar-refractivity contribution in [3.8, 4) is 5.88 Å². The fourth-order valence-electron chi connectivity index (χ4n) is 3.22. The lowest BCUT2D eigenvalue weighted by atomic mass is 9.96. The van der Waals surface area contributed by atoms with Gasteiger partial charge in [-0.1, -0.05) is 13.3 Å². The molecule has 0 spiro atoms. The van der Waals surface area contributed by atoms with Crippen molar-refractivity contribution in [2.75, 3.05) is 19.7 Å². The normalized spacial score (nSPS) is 18.5. The maximum Gasteiger partial charge on any atom is 0.259 e. The molecule has 6 heteroatoms. The molecular formula is C19H29N3O3. The van der Waals surface area contributed by atoms with Gasteiger partial charge in [-0.05, 0) is 45.2 Å². The SMILES string of the molecule is CCCC(C)NC(=O)C1CCCN(C(=O)c2cccnc2OCC)C1. The maximum absolute atomic E-state index is 12.9.